The molecular formula is C25H29ClN2O5S. The zero-order chi connectivity index (χ0) is 24.9. The number of anilines is 1. The Morgan fingerprint density at radius 1 is 1.15 bits per heavy atom. The van der Waals surface area contributed by atoms with E-state index in [2.05, 4.69) is 0 Å². The van der Waals surface area contributed by atoms with E-state index in [0.29, 0.717) is 35.1 Å². The number of halogens is 1. The third-order valence-corrected chi connectivity index (χ3v) is 9.56. The maximum Gasteiger partial charge on any atom is 0.236 e. The molecule has 0 aromatic heterocycles. The molecule has 0 radical (unpaired) electrons. The van der Waals surface area contributed by atoms with Crippen LogP contribution in [-0.2, 0) is 24.2 Å². The van der Waals surface area contributed by atoms with Crippen LogP contribution in [0, 0.1) is 5.41 Å². The van der Waals surface area contributed by atoms with E-state index >= 15 is 0 Å². The molecule has 4 rings (SSSR count). The molecule has 7 nitrogen and oxygen atoms in total. The van der Waals surface area contributed by atoms with Crippen LogP contribution in [0.3, 0.4) is 0 Å². The van der Waals surface area contributed by atoms with Crippen LogP contribution < -0.4 is 9.64 Å². The van der Waals surface area contributed by atoms with Gasteiger partial charge in [0.05, 0.1) is 16.0 Å². The largest absolute Gasteiger partial charge is 0.490 e. The number of likely N-dealkylation sites (tertiary alicyclic amines) is 1. The van der Waals surface area contributed by atoms with Gasteiger partial charge in [0.1, 0.15) is 17.1 Å². The number of sulfone groups is 1. The minimum Gasteiger partial charge on any atom is -0.490 e. The van der Waals surface area contributed by atoms with Gasteiger partial charge in [-0.3, -0.25) is 9.59 Å². The Balaban J connectivity index is 1.88. The Labute approximate surface area is 205 Å². The van der Waals surface area contributed by atoms with E-state index in [4.69, 9.17) is 16.3 Å². The summed E-state index contributed by atoms with van der Waals surface area (Å²) in [6, 6.07) is 11.3. The predicted octanol–water partition coefficient (Wildman–Crippen LogP) is 4.03. The number of benzene rings is 2. The molecule has 2 amide bonds. The second-order valence-electron chi connectivity index (χ2n) is 9.55. The number of rotatable bonds is 4. The second kappa shape index (κ2) is 8.57. The van der Waals surface area contributed by atoms with Crippen LogP contribution in [0.25, 0.3) is 0 Å². The fourth-order valence-corrected chi connectivity index (χ4v) is 6.94. The molecule has 34 heavy (non-hydrogen) atoms. The molecule has 0 N–H and O–H groups in total. The molecule has 1 unspecified atom stereocenters. The average Bonchev–Trinajstić information content (AvgIpc) is 3.23. The van der Waals surface area contributed by atoms with Gasteiger partial charge in [0, 0.05) is 31.6 Å². The second-order valence-corrected chi connectivity index (χ2v) is 12.2. The summed E-state index contributed by atoms with van der Waals surface area (Å²) in [6.45, 7) is 8.00. The highest BCUT2D eigenvalue weighted by molar-refractivity contribution is 7.92. The van der Waals surface area contributed by atoms with Crippen molar-refractivity contribution in [3.05, 3.63) is 53.1 Å². The Morgan fingerprint density at radius 3 is 2.41 bits per heavy atom. The first-order valence-electron chi connectivity index (χ1n) is 11.3. The summed E-state index contributed by atoms with van der Waals surface area (Å²) in [4.78, 5) is 28.6. The number of ether oxygens (including phenoxy) is 1. The van der Waals surface area contributed by atoms with Gasteiger partial charge in [-0.25, -0.2) is 8.42 Å². The number of hydrogen-bond donors (Lipinski definition) is 0. The van der Waals surface area contributed by atoms with E-state index < -0.39 is 20.0 Å². The van der Waals surface area contributed by atoms with Crippen molar-refractivity contribution in [2.75, 3.05) is 31.1 Å². The first kappa shape index (κ1) is 24.5. The first-order chi connectivity index (χ1) is 15.9. The van der Waals surface area contributed by atoms with Crippen molar-refractivity contribution in [2.24, 2.45) is 5.41 Å². The lowest BCUT2D eigenvalue weighted by molar-refractivity contribution is -0.128. The van der Waals surface area contributed by atoms with Gasteiger partial charge in [0.15, 0.2) is 9.84 Å². The number of hydrogen-bond acceptors (Lipinski definition) is 5. The van der Waals surface area contributed by atoms with Crippen LogP contribution in [-0.4, -0.2) is 51.4 Å². The molecule has 1 saturated heterocycles. The van der Waals surface area contributed by atoms with Crippen molar-refractivity contribution >= 4 is 38.9 Å². The van der Waals surface area contributed by atoms with Crippen LogP contribution in [0.2, 0.25) is 5.02 Å². The fraction of sp³-hybridized carbons (Fsp3) is 0.440. The smallest absolute Gasteiger partial charge is 0.236 e. The molecule has 1 fully saturated rings. The maximum absolute atomic E-state index is 14.1. The van der Waals surface area contributed by atoms with Gasteiger partial charge in [0.2, 0.25) is 11.8 Å². The van der Waals surface area contributed by atoms with Crippen LogP contribution in [0.5, 0.6) is 5.75 Å². The highest BCUT2D eigenvalue weighted by Crippen LogP contribution is 2.47. The summed E-state index contributed by atoms with van der Waals surface area (Å²) in [5, 5.41) is 0.440. The fourth-order valence-electron chi connectivity index (χ4n) is 4.74. The van der Waals surface area contributed by atoms with Crippen molar-refractivity contribution in [1.29, 1.82) is 0 Å². The molecule has 2 heterocycles. The van der Waals surface area contributed by atoms with Crippen molar-refractivity contribution < 1.29 is 22.7 Å². The maximum atomic E-state index is 14.1. The minimum atomic E-state index is -3.91. The van der Waals surface area contributed by atoms with Crippen LogP contribution in [0.1, 0.15) is 39.7 Å². The summed E-state index contributed by atoms with van der Waals surface area (Å²) in [7, 11) is -3.91. The van der Waals surface area contributed by atoms with Crippen molar-refractivity contribution in [2.45, 2.75) is 43.8 Å². The summed E-state index contributed by atoms with van der Waals surface area (Å²) in [6.07, 6.45) is 0.248. The molecule has 182 valence electrons. The van der Waals surface area contributed by atoms with Crippen molar-refractivity contribution in [3.8, 4) is 5.75 Å². The lowest BCUT2D eigenvalue weighted by atomic mass is 9.93. The summed E-state index contributed by atoms with van der Waals surface area (Å²) >= 11 is 6.00. The standard InChI is InChI=1S/C25H29ClN2O5S/c1-5-28-21-11-6-18(14-22(21)33-16-24(3,4)23(28)30)25(12-13-27(15-25)17(2)29)34(31,32)20-9-7-19(26)8-10-20/h6-11,14H,5,12-13,15-16H2,1-4H3. The lowest BCUT2D eigenvalue weighted by Crippen LogP contribution is -2.42. The van der Waals surface area contributed by atoms with E-state index in [0.717, 1.165) is 0 Å². The summed E-state index contributed by atoms with van der Waals surface area (Å²) < 4.78 is 32.8. The molecule has 0 bridgehead atoms. The van der Waals surface area contributed by atoms with Gasteiger partial charge in [-0.05, 0) is 69.2 Å². The average molecular weight is 505 g/mol. The molecule has 0 saturated carbocycles. The third kappa shape index (κ3) is 3.86. The number of carbonyl (C=O) groups is 2. The van der Waals surface area contributed by atoms with E-state index in [1.54, 1.807) is 40.1 Å². The molecule has 0 spiro atoms. The quantitative estimate of drug-likeness (QED) is 0.627. The predicted molar refractivity (Wildman–Crippen MR) is 131 cm³/mol. The van der Waals surface area contributed by atoms with E-state index in [9.17, 15) is 18.0 Å². The van der Waals surface area contributed by atoms with Gasteiger partial charge >= 0.3 is 0 Å². The van der Waals surface area contributed by atoms with Crippen LogP contribution in [0.15, 0.2) is 47.4 Å². The Kier molecular flexibility index (Phi) is 6.19. The summed E-state index contributed by atoms with van der Waals surface area (Å²) in [5.41, 5.74) is 0.427. The van der Waals surface area contributed by atoms with E-state index in [1.165, 1.54) is 19.1 Å². The van der Waals surface area contributed by atoms with Crippen LogP contribution in [0.4, 0.5) is 5.69 Å². The Hall–Kier alpha value is -2.58. The monoisotopic (exact) mass is 504 g/mol. The SMILES string of the molecule is CCN1C(=O)C(C)(C)COc2cc(C3(S(=O)(=O)c4ccc(Cl)cc4)CCN(C(C)=O)C3)ccc21. The van der Waals surface area contributed by atoms with Gasteiger partial charge in [0.25, 0.3) is 0 Å². The Morgan fingerprint density at radius 2 is 1.82 bits per heavy atom. The highest BCUT2D eigenvalue weighted by Gasteiger charge is 2.52. The van der Waals surface area contributed by atoms with Crippen molar-refractivity contribution in [3.63, 3.8) is 0 Å². The molecule has 2 aliphatic rings. The van der Waals surface area contributed by atoms with Gasteiger partial charge in [-0.2, -0.15) is 0 Å². The van der Waals surface area contributed by atoms with E-state index in [-0.39, 0.29) is 36.3 Å². The first-order valence-corrected chi connectivity index (χ1v) is 13.1. The minimum absolute atomic E-state index is 0.0357. The summed E-state index contributed by atoms with van der Waals surface area (Å²) in [5.74, 6) is 0.238. The van der Waals surface area contributed by atoms with Crippen molar-refractivity contribution in [1.82, 2.24) is 4.90 Å². The van der Waals surface area contributed by atoms with Crippen LogP contribution >= 0.6 is 11.6 Å². The number of nitrogens with zero attached hydrogens (tertiary/aromatic N) is 2. The number of carbonyl (C=O) groups excluding carboxylic acids is 2. The molecule has 9 heteroatoms. The molecule has 2 aromatic carbocycles. The normalized spacial score (nSPS) is 22.2. The molecule has 1 atom stereocenters. The lowest BCUT2D eigenvalue weighted by Gasteiger charge is -2.31. The zero-order valence-electron chi connectivity index (χ0n) is 19.8. The zero-order valence-corrected chi connectivity index (χ0v) is 21.4. The van der Waals surface area contributed by atoms with Gasteiger partial charge < -0.3 is 14.5 Å². The topological polar surface area (TPSA) is 84.0 Å². The molecule has 2 aliphatic heterocycles. The number of amides is 2. The molecular weight excluding hydrogens is 476 g/mol. The van der Waals surface area contributed by atoms with Gasteiger partial charge in [-0.15, -0.1) is 0 Å². The third-order valence-electron chi connectivity index (χ3n) is 6.82. The number of fused-ring (bicyclic) bond motifs is 1. The molecule has 2 aromatic rings. The molecule has 0 aliphatic carbocycles. The van der Waals surface area contributed by atoms with E-state index in [1.807, 2.05) is 20.8 Å². The Bertz CT molecular complexity index is 1240. The van der Waals surface area contributed by atoms with Gasteiger partial charge in [-0.1, -0.05) is 17.7 Å². The highest BCUT2D eigenvalue weighted by atomic mass is 35.5.